The Labute approximate surface area is 205 Å². The van der Waals surface area contributed by atoms with Crippen LogP contribution in [0.4, 0.5) is 0 Å². The predicted molar refractivity (Wildman–Crippen MR) is 134 cm³/mol. The summed E-state index contributed by atoms with van der Waals surface area (Å²) in [7, 11) is 0. The number of nitrogens with zero attached hydrogens (tertiary/aromatic N) is 1. The number of carbonyl (C=O) groups excluding carboxylic acids is 2. The Kier molecular flexibility index (Phi) is 8.93. The van der Waals surface area contributed by atoms with Crippen molar-refractivity contribution >= 4 is 35.0 Å². The van der Waals surface area contributed by atoms with Crippen LogP contribution in [0.5, 0.6) is 0 Å². The van der Waals surface area contributed by atoms with Crippen LogP contribution >= 0.6 is 23.2 Å². The summed E-state index contributed by atoms with van der Waals surface area (Å²) in [6.07, 6.45) is 0.588. The summed E-state index contributed by atoms with van der Waals surface area (Å²) in [4.78, 5) is 28.5. The van der Waals surface area contributed by atoms with Crippen LogP contribution < -0.4 is 5.32 Å². The number of halogens is 2. The van der Waals surface area contributed by atoms with Gasteiger partial charge in [0.1, 0.15) is 6.04 Å². The van der Waals surface area contributed by atoms with E-state index in [0.717, 1.165) is 16.7 Å². The number of amides is 2. The topological polar surface area (TPSA) is 49.4 Å². The second-order valence-corrected chi connectivity index (χ2v) is 9.19. The van der Waals surface area contributed by atoms with Crippen molar-refractivity contribution in [1.29, 1.82) is 0 Å². The van der Waals surface area contributed by atoms with Crippen LogP contribution in [0.1, 0.15) is 30.5 Å². The van der Waals surface area contributed by atoms with Gasteiger partial charge in [-0.25, -0.2) is 0 Å². The molecule has 4 nitrogen and oxygen atoms in total. The van der Waals surface area contributed by atoms with Crippen LogP contribution in [-0.4, -0.2) is 28.8 Å². The van der Waals surface area contributed by atoms with Gasteiger partial charge in [-0.3, -0.25) is 9.59 Å². The zero-order valence-electron chi connectivity index (χ0n) is 18.8. The van der Waals surface area contributed by atoms with Gasteiger partial charge in [-0.05, 0) is 54.8 Å². The summed E-state index contributed by atoms with van der Waals surface area (Å²) in [5.41, 5.74) is 2.73. The lowest BCUT2D eigenvalue weighted by Gasteiger charge is -2.32. The van der Waals surface area contributed by atoms with E-state index < -0.39 is 6.04 Å². The molecule has 33 heavy (non-hydrogen) atoms. The Bertz CT molecular complexity index is 1050. The first-order valence-electron chi connectivity index (χ1n) is 10.9. The smallest absolute Gasteiger partial charge is 0.243 e. The molecule has 0 spiro atoms. The van der Waals surface area contributed by atoms with Crippen molar-refractivity contribution in [3.63, 3.8) is 0 Å². The molecular weight excluding hydrogens is 455 g/mol. The fourth-order valence-corrected chi connectivity index (χ4v) is 3.85. The molecule has 6 heteroatoms. The molecule has 0 bridgehead atoms. The molecule has 1 unspecified atom stereocenters. The number of rotatable bonds is 9. The van der Waals surface area contributed by atoms with Crippen LogP contribution in [0.25, 0.3) is 0 Å². The van der Waals surface area contributed by atoms with Crippen molar-refractivity contribution in [3.05, 3.63) is 106 Å². The number of carbonyl (C=O) groups is 2. The molecule has 1 N–H and O–H groups in total. The van der Waals surface area contributed by atoms with Gasteiger partial charge in [0.15, 0.2) is 0 Å². The Morgan fingerprint density at radius 1 is 0.788 bits per heavy atom. The molecule has 2 amide bonds. The van der Waals surface area contributed by atoms with Crippen LogP contribution in [0, 0.1) is 0 Å². The Morgan fingerprint density at radius 2 is 1.33 bits per heavy atom. The molecule has 3 aromatic carbocycles. The maximum absolute atomic E-state index is 13.6. The van der Waals surface area contributed by atoms with Gasteiger partial charge in [-0.2, -0.15) is 0 Å². The SMILES string of the molecule is CC(C)NC(=O)C(Cc1ccccc1)N(Cc1ccc(Cl)cc1)C(=O)Cc1ccc(Cl)cc1. The van der Waals surface area contributed by atoms with Crippen molar-refractivity contribution in [3.8, 4) is 0 Å². The maximum Gasteiger partial charge on any atom is 0.243 e. The molecule has 0 aliphatic carbocycles. The number of hydrogen-bond acceptors (Lipinski definition) is 2. The van der Waals surface area contributed by atoms with E-state index in [-0.39, 0.29) is 24.3 Å². The van der Waals surface area contributed by atoms with E-state index >= 15 is 0 Å². The van der Waals surface area contributed by atoms with Crippen molar-refractivity contribution in [2.24, 2.45) is 0 Å². The molecule has 3 rings (SSSR count). The normalized spacial score (nSPS) is 11.8. The molecule has 0 aromatic heterocycles. The lowest BCUT2D eigenvalue weighted by molar-refractivity contribution is -0.141. The monoisotopic (exact) mass is 482 g/mol. The summed E-state index contributed by atoms with van der Waals surface area (Å²) < 4.78 is 0. The maximum atomic E-state index is 13.6. The van der Waals surface area contributed by atoms with Gasteiger partial charge < -0.3 is 10.2 Å². The van der Waals surface area contributed by atoms with E-state index in [1.165, 1.54) is 0 Å². The second kappa shape index (κ2) is 11.9. The van der Waals surface area contributed by atoms with Crippen LogP contribution in [-0.2, 0) is 29.0 Å². The van der Waals surface area contributed by atoms with Gasteiger partial charge in [-0.1, -0.05) is 77.8 Å². The van der Waals surface area contributed by atoms with E-state index in [1.54, 1.807) is 29.2 Å². The van der Waals surface area contributed by atoms with Crippen LogP contribution in [0.3, 0.4) is 0 Å². The number of nitrogens with one attached hydrogen (secondary N) is 1. The average molecular weight is 483 g/mol. The van der Waals surface area contributed by atoms with Crippen molar-refractivity contribution in [2.75, 3.05) is 0 Å². The fraction of sp³-hybridized carbons (Fsp3) is 0.259. The third-order valence-electron chi connectivity index (χ3n) is 5.24. The molecule has 0 aliphatic rings. The van der Waals surface area contributed by atoms with E-state index in [1.807, 2.05) is 68.4 Å². The number of benzene rings is 3. The van der Waals surface area contributed by atoms with Gasteiger partial charge >= 0.3 is 0 Å². The van der Waals surface area contributed by atoms with E-state index in [0.29, 0.717) is 23.0 Å². The minimum atomic E-state index is -0.662. The Morgan fingerprint density at radius 3 is 1.88 bits per heavy atom. The highest BCUT2D eigenvalue weighted by molar-refractivity contribution is 6.30. The van der Waals surface area contributed by atoms with E-state index in [2.05, 4.69) is 5.32 Å². The largest absolute Gasteiger partial charge is 0.352 e. The highest BCUT2D eigenvalue weighted by atomic mass is 35.5. The first-order chi connectivity index (χ1) is 15.8. The molecule has 0 saturated heterocycles. The molecule has 0 radical (unpaired) electrons. The summed E-state index contributed by atoms with van der Waals surface area (Å²) in [5, 5.41) is 4.23. The van der Waals surface area contributed by atoms with Crippen molar-refractivity contribution in [2.45, 2.75) is 45.3 Å². The molecule has 3 aromatic rings. The standard InChI is InChI=1S/C27H28Cl2N2O2/c1-19(2)30-27(33)25(16-20-6-4-3-5-7-20)31(18-22-10-14-24(29)15-11-22)26(32)17-21-8-12-23(28)13-9-21/h3-15,19,25H,16-18H2,1-2H3,(H,30,33). The molecule has 172 valence electrons. The highest BCUT2D eigenvalue weighted by Gasteiger charge is 2.30. The Hall–Kier alpha value is -2.82. The third-order valence-corrected chi connectivity index (χ3v) is 5.74. The lowest BCUT2D eigenvalue weighted by Crippen LogP contribution is -2.52. The summed E-state index contributed by atoms with van der Waals surface area (Å²) in [6, 6.07) is 23.6. The minimum Gasteiger partial charge on any atom is -0.352 e. The lowest BCUT2D eigenvalue weighted by atomic mass is 10.0. The summed E-state index contributed by atoms with van der Waals surface area (Å²) >= 11 is 12.1. The van der Waals surface area contributed by atoms with Crippen LogP contribution in [0.15, 0.2) is 78.9 Å². The fourth-order valence-electron chi connectivity index (χ4n) is 3.60. The third kappa shape index (κ3) is 7.62. The minimum absolute atomic E-state index is 0.0421. The summed E-state index contributed by atoms with van der Waals surface area (Å²) in [5.74, 6) is -0.306. The first kappa shape index (κ1) is 24.8. The molecular formula is C27H28Cl2N2O2. The van der Waals surface area contributed by atoms with Gasteiger partial charge in [0, 0.05) is 29.1 Å². The zero-order chi connectivity index (χ0) is 23.8. The van der Waals surface area contributed by atoms with E-state index in [4.69, 9.17) is 23.2 Å². The quantitative estimate of drug-likeness (QED) is 0.425. The van der Waals surface area contributed by atoms with Gasteiger partial charge in [0.05, 0.1) is 6.42 Å². The Balaban J connectivity index is 1.95. The van der Waals surface area contributed by atoms with Crippen LogP contribution in [0.2, 0.25) is 10.0 Å². The first-order valence-corrected chi connectivity index (χ1v) is 11.7. The van der Waals surface area contributed by atoms with Crippen molar-refractivity contribution in [1.82, 2.24) is 10.2 Å². The van der Waals surface area contributed by atoms with Gasteiger partial charge in [0.25, 0.3) is 0 Å². The number of hydrogen-bond donors (Lipinski definition) is 1. The molecule has 1 atom stereocenters. The average Bonchev–Trinajstić information content (AvgIpc) is 2.79. The summed E-state index contributed by atoms with van der Waals surface area (Å²) in [6.45, 7) is 4.12. The van der Waals surface area contributed by atoms with Gasteiger partial charge in [0.2, 0.25) is 11.8 Å². The highest BCUT2D eigenvalue weighted by Crippen LogP contribution is 2.19. The van der Waals surface area contributed by atoms with Gasteiger partial charge in [-0.15, -0.1) is 0 Å². The molecule has 0 aliphatic heterocycles. The molecule has 0 saturated carbocycles. The predicted octanol–water partition coefficient (Wildman–Crippen LogP) is 5.70. The zero-order valence-corrected chi connectivity index (χ0v) is 20.3. The second-order valence-electron chi connectivity index (χ2n) is 8.32. The molecule has 0 fully saturated rings. The van der Waals surface area contributed by atoms with Crippen molar-refractivity contribution < 1.29 is 9.59 Å². The van der Waals surface area contributed by atoms with E-state index in [9.17, 15) is 9.59 Å². The molecule has 0 heterocycles.